The highest BCUT2D eigenvalue weighted by molar-refractivity contribution is 5.81. The predicted octanol–water partition coefficient (Wildman–Crippen LogP) is 5.44. The van der Waals surface area contributed by atoms with Crippen LogP contribution in [0.4, 0.5) is 8.78 Å². The summed E-state index contributed by atoms with van der Waals surface area (Å²) in [5.74, 6) is -2.07. The fraction of sp³-hybridized carbons (Fsp3) is 0.231. The molecule has 0 bridgehead atoms. The molecule has 0 radical (unpaired) electrons. The lowest BCUT2D eigenvalue weighted by molar-refractivity contribution is -0.148. The zero-order valence-electron chi connectivity index (χ0n) is 17.6. The lowest BCUT2D eigenvalue weighted by Crippen LogP contribution is -2.51. The zero-order valence-corrected chi connectivity index (χ0v) is 17.6. The van der Waals surface area contributed by atoms with E-state index in [1.54, 1.807) is 18.2 Å². The molecule has 4 aromatic rings. The van der Waals surface area contributed by atoms with Crippen molar-refractivity contribution in [3.05, 3.63) is 77.4 Å². The molecule has 1 N–H and O–H groups in total. The number of rotatable bonds is 4. The number of oxazole rings is 1. The average Bonchev–Trinajstić information content (AvgIpc) is 3.39. The fourth-order valence-corrected chi connectivity index (χ4v) is 5.03. The van der Waals surface area contributed by atoms with E-state index in [9.17, 15) is 4.79 Å². The fourth-order valence-electron chi connectivity index (χ4n) is 5.03. The average molecular weight is 446 g/mol. The van der Waals surface area contributed by atoms with Gasteiger partial charge in [0, 0.05) is 24.7 Å². The molecule has 1 saturated heterocycles. The number of benzene rings is 3. The van der Waals surface area contributed by atoms with Gasteiger partial charge in [-0.15, -0.1) is 0 Å². The number of likely N-dealkylation sites (tertiary alicyclic amines) is 1. The number of aromatic nitrogens is 1. The molecule has 0 saturated carbocycles. The smallest absolute Gasteiger partial charge is 0.309 e. The summed E-state index contributed by atoms with van der Waals surface area (Å²) in [4.78, 5) is 17.7. The van der Waals surface area contributed by atoms with Gasteiger partial charge in [-0.25, -0.2) is 13.8 Å². The number of carbonyl (C=O) groups is 1. The van der Waals surface area contributed by atoms with E-state index < -0.39 is 17.6 Å². The van der Waals surface area contributed by atoms with E-state index in [1.165, 1.54) is 0 Å². The molecule has 0 unspecified atom stereocenters. The minimum atomic E-state index is -0.799. The number of halogens is 2. The van der Waals surface area contributed by atoms with Crippen LogP contribution in [0.5, 0.6) is 0 Å². The Bertz CT molecular complexity index is 1390. The van der Waals surface area contributed by atoms with Crippen molar-refractivity contribution < 1.29 is 23.1 Å². The first-order valence-corrected chi connectivity index (χ1v) is 10.9. The third-order valence-corrected chi connectivity index (χ3v) is 6.80. The van der Waals surface area contributed by atoms with Gasteiger partial charge in [0.15, 0.2) is 11.4 Å². The van der Waals surface area contributed by atoms with E-state index in [2.05, 4.69) is 9.88 Å². The Morgan fingerprint density at radius 2 is 1.79 bits per heavy atom. The standard InChI is InChI=1S/C26H20F2N2O3/c27-22-16(14-5-2-1-3-6-14)7-4-8-18(22)25-29-20-11-19-17(23(28)24(20)33-25)9-10-21(19)30-12-15(13-30)26(31)32/h1-8,11,15,21H,9-10,12-13H2,(H,31,32)/t21-/m0/s1. The Labute approximate surface area is 188 Å². The van der Waals surface area contributed by atoms with E-state index in [0.29, 0.717) is 36.2 Å². The molecule has 1 aliphatic carbocycles. The highest BCUT2D eigenvalue weighted by Crippen LogP contribution is 2.43. The van der Waals surface area contributed by atoms with Crippen LogP contribution < -0.4 is 0 Å². The summed E-state index contributed by atoms with van der Waals surface area (Å²) in [5.41, 5.74) is 3.10. The molecule has 3 aromatic carbocycles. The summed E-state index contributed by atoms with van der Waals surface area (Å²) in [7, 11) is 0. The monoisotopic (exact) mass is 446 g/mol. The van der Waals surface area contributed by atoms with Gasteiger partial charge in [0.2, 0.25) is 5.89 Å². The second-order valence-electron chi connectivity index (χ2n) is 8.70. The normalized spacial score (nSPS) is 18.4. The van der Waals surface area contributed by atoms with Gasteiger partial charge in [0.05, 0.1) is 11.5 Å². The van der Waals surface area contributed by atoms with Gasteiger partial charge in [-0.2, -0.15) is 0 Å². The van der Waals surface area contributed by atoms with Gasteiger partial charge in [-0.3, -0.25) is 9.69 Å². The minimum Gasteiger partial charge on any atom is -0.481 e. The molecule has 5 nitrogen and oxygen atoms in total. The number of hydrogen-bond donors (Lipinski definition) is 1. The Balaban J connectivity index is 1.39. The van der Waals surface area contributed by atoms with Crippen LogP contribution in [0, 0.1) is 17.6 Å². The Hall–Kier alpha value is -3.58. The third-order valence-electron chi connectivity index (χ3n) is 6.80. The van der Waals surface area contributed by atoms with Crippen molar-refractivity contribution in [3.63, 3.8) is 0 Å². The van der Waals surface area contributed by atoms with Crippen molar-refractivity contribution in [3.8, 4) is 22.6 Å². The van der Waals surface area contributed by atoms with Crippen molar-refractivity contribution in [1.29, 1.82) is 0 Å². The maximum absolute atomic E-state index is 15.4. The number of carboxylic acids is 1. The van der Waals surface area contributed by atoms with Crippen LogP contribution in [0.2, 0.25) is 0 Å². The van der Waals surface area contributed by atoms with E-state index >= 15 is 8.78 Å². The van der Waals surface area contributed by atoms with Crippen LogP contribution in [-0.4, -0.2) is 34.0 Å². The van der Waals surface area contributed by atoms with Crippen LogP contribution in [0.25, 0.3) is 33.7 Å². The molecule has 7 heteroatoms. The molecule has 2 aliphatic rings. The summed E-state index contributed by atoms with van der Waals surface area (Å²) in [6.07, 6.45) is 1.27. The molecular formula is C26H20F2N2O3. The van der Waals surface area contributed by atoms with Gasteiger partial charge in [-0.1, -0.05) is 42.5 Å². The first-order valence-electron chi connectivity index (χ1n) is 10.9. The molecule has 0 amide bonds. The second-order valence-corrected chi connectivity index (χ2v) is 8.70. The topological polar surface area (TPSA) is 66.6 Å². The third kappa shape index (κ3) is 3.15. The molecule has 166 valence electrons. The number of fused-ring (bicyclic) bond motifs is 2. The van der Waals surface area contributed by atoms with Crippen LogP contribution in [-0.2, 0) is 11.2 Å². The maximum atomic E-state index is 15.4. The van der Waals surface area contributed by atoms with Crippen molar-refractivity contribution in [2.24, 2.45) is 5.92 Å². The Kier molecular flexibility index (Phi) is 4.55. The lowest BCUT2D eigenvalue weighted by Gasteiger charge is -2.41. The van der Waals surface area contributed by atoms with Crippen molar-refractivity contribution in [2.45, 2.75) is 18.9 Å². The van der Waals surface area contributed by atoms with Gasteiger partial charge in [-0.05, 0) is 41.7 Å². The van der Waals surface area contributed by atoms with Crippen LogP contribution in [0.3, 0.4) is 0 Å². The molecule has 2 heterocycles. The van der Waals surface area contributed by atoms with E-state index in [0.717, 1.165) is 17.5 Å². The van der Waals surface area contributed by atoms with E-state index in [1.807, 2.05) is 36.4 Å². The van der Waals surface area contributed by atoms with E-state index in [4.69, 9.17) is 9.52 Å². The zero-order chi connectivity index (χ0) is 22.7. The highest BCUT2D eigenvalue weighted by Gasteiger charge is 2.41. The summed E-state index contributed by atoms with van der Waals surface area (Å²) in [6.45, 7) is 0.918. The van der Waals surface area contributed by atoms with Crippen molar-refractivity contribution >= 4 is 17.1 Å². The largest absolute Gasteiger partial charge is 0.481 e. The van der Waals surface area contributed by atoms with Crippen molar-refractivity contribution in [2.75, 3.05) is 13.1 Å². The number of hydrogen-bond acceptors (Lipinski definition) is 4. The SMILES string of the molecule is O=C(O)C1CN([C@H]2CCc3c2cc2nc(-c4cccc(-c5ccccc5)c4F)oc2c3F)C1. The number of aliphatic carboxylic acids is 1. The summed E-state index contributed by atoms with van der Waals surface area (Å²) < 4.78 is 36.5. The summed E-state index contributed by atoms with van der Waals surface area (Å²) in [6, 6.07) is 16.0. The Morgan fingerprint density at radius 3 is 2.55 bits per heavy atom. The number of nitrogens with zero attached hydrogens (tertiary/aromatic N) is 2. The Morgan fingerprint density at radius 1 is 1.03 bits per heavy atom. The molecule has 1 aromatic heterocycles. The van der Waals surface area contributed by atoms with E-state index in [-0.39, 0.29) is 29.0 Å². The van der Waals surface area contributed by atoms with Gasteiger partial charge in [0.25, 0.3) is 0 Å². The van der Waals surface area contributed by atoms with Crippen molar-refractivity contribution in [1.82, 2.24) is 9.88 Å². The first-order chi connectivity index (χ1) is 16.0. The first kappa shape index (κ1) is 20.1. The maximum Gasteiger partial charge on any atom is 0.309 e. The molecule has 6 rings (SSSR count). The van der Waals surface area contributed by atoms with Gasteiger partial charge < -0.3 is 9.52 Å². The van der Waals surface area contributed by atoms with Crippen LogP contribution in [0.1, 0.15) is 23.6 Å². The van der Waals surface area contributed by atoms with Crippen LogP contribution >= 0.6 is 0 Å². The lowest BCUT2D eigenvalue weighted by atomic mass is 9.95. The molecule has 33 heavy (non-hydrogen) atoms. The van der Waals surface area contributed by atoms with Crippen LogP contribution in [0.15, 0.2) is 59.0 Å². The summed E-state index contributed by atoms with van der Waals surface area (Å²) in [5, 5.41) is 9.16. The second kappa shape index (κ2) is 7.49. The number of carboxylic acid groups (broad SMARTS) is 1. The molecule has 0 spiro atoms. The minimum absolute atomic E-state index is 0.0286. The molecular weight excluding hydrogens is 426 g/mol. The molecule has 1 aliphatic heterocycles. The van der Waals surface area contributed by atoms with Gasteiger partial charge in [0.1, 0.15) is 11.3 Å². The molecule has 1 atom stereocenters. The summed E-state index contributed by atoms with van der Waals surface area (Å²) >= 11 is 0. The predicted molar refractivity (Wildman–Crippen MR) is 119 cm³/mol. The highest BCUT2D eigenvalue weighted by atomic mass is 19.1. The quantitative estimate of drug-likeness (QED) is 0.452. The molecule has 1 fully saturated rings. The van der Waals surface area contributed by atoms with Gasteiger partial charge >= 0.3 is 5.97 Å².